The Kier molecular flexibility index (Phi) is 7.67. The molecule has 0 spiro atoms. The molecule has 1 unspecified atom stereocenters. The molecular weight excluding hydrogens is 464 g/mol. The minimum absolute atomic E-state index is 0.0330. The average Bonchev–Trinajstić information content (AvgIpc) is 2.88. The van der Waals surface area contributed by atoms with Gasteiger partial charge >= 0.3 is 0 Å². The Hall–Kier alpha value is -3.43. The van der Waals surface area contributed by atoms with Gasteiger partial charge in [-0.1, -0.05) is 48.5 Å². The average molecular weight is 495 g/mol. The molecule has 3 aromatic rings. The molecule has 1 N–H and O–H groups in total. The maximum Gasteiger partial charge on any atom is 0.292 e. The number of benzene rings is 3. The Bertz CT molecular complexity index is 1240. The number of hydrogen-bond donors (Lipinski definition) is 1. The first kappa shape index (κ1) is 24.7. The highest BCUT2D eigenvalue weighted by atomic mass is 32.2. The fourth-order valence-electron chi connectivity index (χ4n) is 4.29. The lowest BCUT2D eigenvalue weighted by Crippen LogP contribution is -2.48. The summed E-state index contributed by atoms with van der Waals surface area (Å²) in [6.45, 7) is 3.74. The van der Waals surface area contributed by atoms with E-state index in [9.17, 15) is 18.5 Å². The van der Waals surface area contributed by atoms with Crippen LogP contribution >= 0.6 is 0 Å². The molecule has 184 valence electrons. The zero-order valence-electron chi connectivity index (χ0n) is 19.7. The van der Waals surface area contributed by atoms with Crippen molar-refractivity contribution in [2.24, 2.45) is 0 Å². The largest absolute Gasteiger partial charge is 0.377 e. The summed E-state index contributed by atoms with van der Waals surface area (Å²) in [5, 5.41) is 15.0. The molecule has 0 aromatic heterocycles. The molecule has 35 heavy (non-hydrogen) atoms. The highest BCUT2D eigenvalue weighted by molar-refractivity contribution is 7.89. The van der Waals surface area contributed by atoms with Crippen molar-refractivity contribution in [1.29, 1.82) is 0 Å². The van der Waals surface area contributed by atoms with Gasteiger partial charge in [-0.05, 0) is 49.6 Å². The van der Waals surface area contributed by atoms with E-state index in [4.69, 9.17) is 0 Å². The van der Waals surface area contributed by atoms with E-state index in [2.05, 4.69) is 22.3 Å². The van der Waals surface area contributed by atoms with E-state index in [0.717, 1.165) is 18.5 Å². The first-order valence-electron chi connectivity index (χ1n) is 11.7. The van der Waals surface area contributed by atoms with Crippen LogP contribution in [0.3, 0.4) is 0 Å². The quantitative estimate of drug-likeness (QED) is 0.347. The first-order chi connectivity index (χ1) is 16.8. The number of nitro benzene ring substituents is 1. The molecule has 0 bridgehead atoms. The van der Waals surface area contributed by atoms with Gasteiger partial charge in [0.2, 0.25) is 10.0 Å². The van der Waals surface area contributed by atoms with E-state index >= 15 is 0 Å². The number of sulfonamides is 1. The van der Waals surface area contributed by atoms with Crippen molar-refractivity contribution < 1.29 is 13.3 Å². The van der Waals surface area contributed by atoms with Gasteiger partial charge in [0.15, 0.2) is 0 Å². The molecule has 3 aromatic carbocycles. The minimum atomic E-state index is -3.53. The van der Waals surface area contributed by atoms with Crippen LogP contribution in [0, 0.1) is 10.1 Å². The maximum atomic E-state index is 12.9. The Labute approximate surface area is 206 Å². The number of nitrogens with one attached hydrogen (secondary N) is 1. The molecule has 8 nitrogen and oxygen atoms in total. The van der Waals surface area contributed by atoms with Crippen LogP contribution in [0.25, 0.3) is 0 Å². The monoisotopic (exact) mass is 494 g/mol. The Morgan fingerprint density at radius 3 is 2.20 bits per heavy atom. The third-order valence-corrected chi connectivity index (χ3v) is 8.19. The molecule has 9 heteroatoms. The molecule has 1 heterocycles. The van der Waals surface area contributed by atoms with Crippen molar-refractivity contribution in [2.75, 3.05) is 36.4 Å². The lowest BCUT2D eigenvalue weighted by atomic mass is 10.1. The van der Waals surface area contributed by atoms with E-state index in [-0.39, 0.29) is 16.7 Å². The number of anilines is 2. The van der Waals surface area contributed by atoms with Crippen LogP contribution < -0.4 is 10.2 Å². The number of nitrogens with zero attached hydrogens (tertiary/aromatic N) is 3. The minimum Gasteiger partial charge on any atom is -0.377 e. The van der Waals surface area contributed by atoms with Crippen LogP contribution in [-0.2, 0) is 16.4 Å². The molecule has 1 atom stereocenters. The van der Waals surface area contributed by atoms with Gasteiger partial charge in [0.05, 0.1) is 9.82 Å². The van der Waals surface area contributed by atoms with Gasteiger partial charge in [0, 0.05) is 44.0 Å². The van der Waals surface area contributed by atoms with Crippen molar-refractivity contribution in [3.05, 3.63) is 94.5 Å². The molecule has 0 saturated carbocycles. The summed E-state index contributed by atoms with van der Waals surface area (Å²) >= 11 is 0. The van der Waals surface area contributed by atoms with E-state index in [0.29, 0.717) is 36.8 Å². The van der Waals surface area contributed by atoms with Gasteiger partial charge in [-0.3, -0.25) is 10.1 Å². The summed E-state index contributed by atoms with van der Waals surface area (Å²) in [4.78, 5) is 13.6. The van der Waals surface area contributed by atoms with E-state index in [1.807, 2.05) is 25.1 Å². The lowest BCUT2D eigenvalue weighted by molar-refractivity contribution is -0.384. The zero-order chi connectivity index (χ0) is 24.8. The SMILES string of the molecule is CC(CCc1ccccc1)Nc1cc(N2CCN(S(=O)(=O)c3ccccc3)CC2)ccc1[N+](=O)[O-]. The standard InChI is InChI=1S/C26H30N4O4S/c1-21(12-13-22-8-4-2-5-9-22)27-25-20-23(14-15-26(25)30(31)32)28-16-18-29(19-17-28)35(33,34)24-10-6-3-7-11-24/h2-11,14-15,20-21,27H,12-13,16-19H2,1H3. The second-order valence-corrected chi connectivity index (χ2v) is 10.7. The second-order valence-electron chi connectivity index (χ2n) is 8.73. The summed E-state index contributed by atoms with van der Waals surface area (Å²) in [6, 6.07) is 23.7. The number of aryl methyl sites for hydroxylation is 1. The summed E-state index contributed by atoms with van der Waals surface area (Å²) in [7, 11) is -3.53. The molecule has 1 aliphatic rings. The Balaban J connectivity index is 1.43. The van der Waals surface area contributed by atoms with Crippen molar-refractivity contribution in [2.45, 2.75) is 30.7 Å². The van der Waals surface area contributed by atoms with Crippen molar-refractivity contribution >= 4 is 27.1 Å². The predicted molar refractivity (Wildman–Crippen MR) is 138 cm³/mol. The van der Waals surface area contributed by atoms with Crippen LogP contribution in [0.2, 0.25) is 0 Å². The molecular formula is C26H30N4O4S. The highest BCUT2D eigenvalue weighted by Crippen LogP contribution is 2.31. The molecule has 1 fully saturated rings. The molecule has 0 radical (unpaired) electrons. The van der Waals surface area contributed by atoms with Gasteiger partial charge in [-0.25, -0.2) is 8.42 Å². The van der Waals surface area contributed by atoms with Gasteiger partial charge in [0.25, 0.3) is 5.69 Å². The van der Waals surface area contributed by atoms with Gasteiger partial charge in [-0.2, -0.15) is 4.31 Å². The number of rotatable bonds is 9. The predicted octanol–water partition coefficient (Wildman–Crippen LogP) is 4.54. The number of nitro groups is 1. The normalized spacial score (nSPS) is 15.5. The van der Waals surface area contributed by atoms with Crippen LogP contribution in [0.4, 0.5) is 17.1 Å². The Morgan fingerprint density at radius 2 is 1.57 bits per heavy atom. The molecule has 4 rings (SSSR count). The van der Waals surface area contributed by atoms with E-state index in [1.54, 1.807) is 42.5 Å². The Morgan fingerprint density at radius 1 is 0.943 bits per heavy atom. The third-order valence-electron chi connectivity index (χ3n) is 6.27. The summed E-state index contributed by atoms with van der Waals surface area (Å²) in [5.41, 5.74) is 2.58. The first-order valence-corrected chi connectivity index (χ1v) is 13.2. The summed E-state index contributed by atoms with van der Waals surface area (Å²) in [6.07, 6.45) is 1.71. The van der Waals surface area contributed by atoms with Crippen LogP contribution in [0.1, 0.15) is 18.9 Å². The van der Waals surface area contributed by atoms with Crippen LogP contribution in [0.15, 0.2) is 83.8 Å². The van der Waals surface area contributed by atoms with E-state index < -0.39 is 10.0 Å². The van der Waals surface area contributed by atoms with E-state index in [1.165, 1.54) is 15.9 Å². The van der Waals surface area contributed by atoms with Crippen LogP contribution in [0.5, 0.6) is 0 Å². The smallest absolute Gasteiger partial charge is 0.292 e. The zero-order valence-corrected chi connectivity index (χ0v) is 20.5. The molecule has 1 saturated heterocycles. The van der Waals surface area contributed by atoms with Gasteiger partial charge in [-0.15, -0.1) is 0 Å². The molecule has 0 amide bonds. The lowest BCUT2D eigenvalue weighted by Gasteiger charge is -2.35. The summed E-state index contributed by atoms with van der Waals surface area (Å²) < 4.78 is 27.3. The molecule has 0 aliphatic carbocycles. The highest BCUT2D eigenvalue weighted by Gasteiger charge is 2.29. The van der Waals surface area contributed by atoms with Crippen molar-refractivity contribution in [3.63, 3.8) is 0 Å². The fraction of sp³-hybridized carbons (Fsp3) is 0.308. The van der Waals surface area contributed by atoms with Crippen LogP contribution in [-0.4, -0.2) is 49.9 Å². The van der Waals surface area contributed by atoms with Crippen molar-refractivity contribution in [3.8, 4) is 0 Å². The van der Waals surface area contributed by atoms with Crippen molar-refractivity contribution in [1.82, 2.24) is 4.31 Å². The van der Waals surface area contributed by atoms with Gasteiger partial charge < -0.3 is 10.2 Å². The topological polar surface area (TPSA) is 95.8 Å². The summed E-state index contributed by atoms with van der Waals surface area (Å²) in [5.74, 6) is 0. The third kappa shape index (κ3) is 5.98. The fourth-order valence-corrected chi connectivity index (χ4v) is 5.73. The molecule has 1 aliphatic heterocycles. The number of piperazine rings is 1. The van der Waals surface area contributed by atoms with Gasteiger partial charge in [0.1, 0.15) is 5.69 Å². The number of hydrogen-bond acceptors (Lipinski definition) is 6. The maximum absolute atomic E-state index is 12.9. The second kappa shape index (κ2) is 10.9.